The van der Waals surface area contributed by atoms with Crippen LogP contribution in [0, 0.1) is 10.1 Å². The zero-order valence-electron chi connectivity index (χ0n) is 7.27. The van der Waals surface area contributed by atoms with Gasteiger partial charge in [0.05, 0.1) is 0 Å². The summed E-state index contributed by atoms with van der Waals surface area (Å²) < 4.78 is 6.21. The number of fused-ring (bicyclic) bond motifs is 1. The van der Waals surface area contributed by atoms with Crippen LogP contribution in [-0.2, 0) is 6.42 Å². The van der Waals surface area contributed by atoms with Gasteiger partial charge in [-0.2, -0.15) is 0 Å². The molecule has 14 heavy (non-hydrogen) atoms. The van der Waals surface area contributed by atoms with Crippen molar-refractivity contribution < 1.29 is 9.66 Å². The van der Waals surface area contributed by atoms with Gasteiger partial charge in [0.15, 0.2) is 6.61 Å². The topological polar surface area (TPSA) is 52.4 Å². The van der Waals surface area contributed by atoms with Gasteiger partial charge in [-0.05, 0) is 18.2 Å². The first-order chi connectivity index (χ1) is 6.66. The van der Waals surface area contributed by atoms with E-state index in [2.05, 4.69) is 15.9 Å². The fourth-order valence-corrected chi connectivity index (χ4v) is 1.89. The molecule has 0 radical (unpaired) electrons. The minimum absolute atomic E-state index is 0.168. The van der Waals surface area contributed by atoms with Crippen molar-refractivity contribution in [1.29, 1.82) is 0 Å². The molecule has 1 aromatic rings. The van der Waals surface area contributed by atoms with Crippen molar-refractivity contribution in [1.82, 2.24) is 0 Å². The standard InChI is InChI=1S/C9H8BrNO3/c10-7-1-2-9-6(3-7)4-8(5-14-9)11(12)13/h1-3,8H,4-5H2/t8-/m0/s1. The molecule has 0 saturated heterocycles. The first-order valence-electron chi connectivity index (χ1n) is 4.21. The quantitative estimate of drug-likeness (QED) is 0.572. The molecule has 0 amide bonds. The smallest absolute Gasteiger partial charge is 0.250 e. The summed E-state index contributed by atoms with van der Waals surface area (Å²) >= 11 is 3.32. The Morgan fingerprint density at radius 1 is 1.57 bits per heavy atom. The number of rotatable bonds is 1. The number of benzene rings is 1. The Bertz CT molecular complexity index is 380. The van der Waals surface area contributed by atoms with E-state index in [1.165, 1.54) is 0 Å². The summed E-state index contributed by atoms with van der Waals surface area (Å²) in [6.07, 6.45) is 0.446. The zero-order chi connectivity index (χ0) is 10.1. The zero-order valence-corrected chi connectivity index (χ0v) is 8.86. The van der Waals surface area contributed by atoms with Gasteiger partial charge in [0.25, 0.3) is 6.04 Å². The van der Waals surface area contributed by atoms with Gasteiger partial charge < -0.3 is 4.74 Å². The third kappa shape index (κ3) is 1.72. The molecule has 0 fully saturated rings. The van der Waals surface area contributed by atoms with Crippen LogP contribution < -0.4 is 4.74 Å². The molecule has 0 spiro atoms. The van der Waals surface area contributed by atoms with E-state index >= 15 is 0 Å². The van der Waals surface area contributed by atoms with Crippen LogP contribution in [0.2, 0.25) is 0 Å². The molecular formula is C9H8BrNO3. The van der Waals surface area contributed by atoms with Crippen molar-refractivity contribution in [3.05, 3.63) is 38.3 Å². The number of hydrogen-bond acceptors (Lipinski definition) is 3. The molecule has 1 aliphatic rings. The minimum atomic E-state index is -0.614. The van der Waals surface area contributed by atoms with Gasteiger partial charge in [0.2, 0.25) is 0 Å². The van der Waals surface area contributed by atoms with E-state index in [1.54, 1.807) is 0 Å². The lowest BCUT2D eigenvalue weighted by atomic mass is 10.0. The number of nitro groups is 1. The van der Waals surface area contributed by atoms with E-state index in [1.807, 2.05) is 18.2 Å². The Labute approximate surface area is 89.2 Å². The number of ether oxygens (including phenoxy) is 1. The van der Waals surface area contributed by atoms with Crippen molar-refractivity contribution in [2.45, 2.75) is 12.5 Å². The molecular weight excluding hydrogens is 250 g/mol. The maximum Gasteiger partial charge on any atom is 0.250 e. The molecule has 74 valence electrons. The third-order valence-electron chi connectivity index (χ3n) is 2.21. The second kappa shape index (κ2) is 3.57. The van der Waals surface area contributed by atoms with Gasteiger partial charge in [-0.25, -0.2) is 0 Å². The van der Waals surface area contributed by atoms with Crippen molar-refractivity contribution in [2.24, 2.45) is 0 Å². The highest BCUT2D eigenvalue weighted by Gasteiger charge is 2.28. The molecule has 0 N–H and O–H groups in total. The van der Waals surface area contributed by atoms with Crippen molar-refractivity contribution in [3.8, 4) is 5.75 Å². The van der Waals surface area contributed by atoms with Gasteiger partial charge in [0.1, 0.15) is 5.75 Å². The molecule has 0 aliphatic carbocycles. The Morgan fingerprint density at radius 2 is 2.36 bits per heavy atom. The Morgan fingerprint density at radius 3 is 3.07 bits per heavy atom. The van der Waals surface area contributed by atoms with E-state index in [-0.39, 0.29) is 11.5 Å². The summed E-state index contributed by atoms with van der Waals surface area (Å²) in [5.41, 5.74) is 0.896. The molecule has 0 saturated carbocycles. The highest BCUT2D eigenvalue weighted by Crippen LogP contribution is 2.28. The van der Waals surface area contributed by atoms with Gasteiger partial charge >= 0.3 is 0 Å². The summed E-state index contributed by atoms with van der Waals surface area (Å²) in [6.45, 7) is 0.168. The number of halogens is 1. The van der Waals surface area contributed by atoms with Crippen molar-refractivity contribution >= 4 is 15.9 Å². The van der Waals surface area contributed by atoms with E-state index < -0.39 is 6.04 Å². The molecule has 1 aromatic carbocycles. The lowest BCUT2D eigenvalue weighted by Gasteiger charge is -2.20. The van der Waals surface area contributed by atoms with Crippen molar-refractivity contribution in [2.75, 3.05) is 6.61 Å². The van der Waals surface area contributed by atoms with Crippen LogP contribution in [0.3, 0.4) is 0 Å². The second-order valence-corrected chi connectivity index (χ2v) is 4.12. The molecule has 2 rings (SSSR count). The molecule has 0 bridgehead atoms. The highest BCUT2D eigenvalue weighted by molar-refractivity contribution is 9.10. The number of hydrogen-bond donors (Lipinski definition) is 0. The van der Waals surface area contributed by atoms with Gasteiger partial charge in [-0.15, -0.1) is 0 Å². The van der Waals surface area contributed by atoms with Crippen LogP contribution in [0.5, 0.6) is 5.75 Å². The van der Waals surface area contributed by atoms with Gasteiger partial charge in [-0.1, -0.05) is 15.9 Å². The molecule has 1 aliphatic heterocycles. The average Bonchev–Trinajstić information content (AvgIpc) is 2.16. The van der Waals surface area contributed by atoms with Crippen LogP contribution in [0.25, 0.3) is 0 Å². The van der Waals surface area contributed by atoms with Crippen LogP contribution in [-0.4, -0.2) is 17.6 Å². The van der Waals surface area contributed by atoms with Crippen LogP contribution >= 0.6 is 15.9 Å². The van der Waals surface area contributed by atoms with E-state index in [0.29, 0.717) is 6.42 Å². The predicted molar refractivity (Wildman–Crippen MR) is 54.1 cm³/mol. The second-order valence-electron chi connectivity index (χ2n) is 3.21. The molecule has 1 heterocycles. The van der Waals surface area contributed by atoms with Crippen LogP contribution in [0.15, 0.2) is 22.7 Å². The summed E-state index contributed by atoms with van der Waals surface area (Å²) in [4.78, 5) is 10.3. The van der Waals surface area contributed by atoms with E-state index in [9.17, 15) is 10.1 Å². The maximum absolute atomic E-state index is 10.6. The van der Waals surface area contributed by atoms with E-state index in [0.717, 1.165) is 15.8 Å². The lowest BCUT2D eigenvalue weighted by Crippen LogP contribution is -2.32. The Hall–Kier alpha value is -1.10. The first-order valence-corrected chi connectivity index (χ1v) is 5.01. The SMILES string of the molecule is O=[N+]([O-])[C@@H]1COc2ccc(Br)cc2C1. The lowest BCUT2D eigenvalue weighted by molar-refractivity contribution is -0.525. The van der Waals surface area contributed by atoms with Gasteiger partial charge in [0, 0.05) is 21.4 Å². The molecule has 1 atom stereocenters. The molecule has 0 aromatic heterocycles. The normalized spacial score (nSPS) is 19.6. The summed E-state index contributed by atoms with van der Waals surface area (Å²) in [5.74, 6) is 0.756. The fourth-order valence-electron chi connectivity index (χ4n) is 1.48. The third-order valence-corrected chi connectivity index (χ3v) is 2.70. The fraction of sp³-hybridized carbons (Fsp3) is 0.333. The summed E-state index contributed by atoms with van der Waals surface area (Å²) in [5, 5.41) is 10.6. The van der Waals surface area contributed by atoms with E-state index in [4.69, 9.17) is 4.74 Å². The van der Waals surface area contributed by atoms with Crippen molar-refractivity contribution in [3.63, 3.8) is 0 Å². The van der Waals surface area contributed by atoms with Crippen LogP contribution in [0.4, 0.5) is 0 Å². The first kappa shape index (κ1) is 9.45. The maximum atomic E-state index is 10.6. The highest BCUT2D eigenvalue weighted by atomic mass is 79.9. The molecule has 0 unspecified atom stereocenters. The largest absolute Gasteiger partial charge is 0.486 e. The Balaban J connectivity index is 2.29. The summed E-state index contributed by atoms with van der Waals surface area (Å²) in [7, 11) is 0. The van der Waals surface area contributed by atoms with Gasteiger partial charge in [-0.3, -0.25) is 10.1 Å². The predicted octanol–water partition coefficient (Wildman–Crippen LogP) is 2.03. The Kier molecular flexibility index (Phi) is 2.41. The minimum Gasteiger partial charge on any atom is -0.486 e. The molecule has 5 heteroatoms. The number of nitrogens with zero attached hydrogens (tertiary/aromatic N) is 1. The van der Waals surface area contributed by atoms with Crippen LogP contribution in [0.1, 0.15) is 5.56 Å². The molecule has 4 nitrogen and oxygen atoms in total. The monoisotopic (exact) mass is 257 g/mol. The average molecular weight is 258 g/mol. The summed E-state index contributed by atoms with van der Waals surface area (Å²) in [6, 6.07) is 4.95.